The van der Waals surface area contributed by atoms with Gasteiger partial charge in [-0.15, -0.1) is 0 Å². The van der Waals surface area contributed by atoms with Crippen molar-refractivity contribution >= 4 is 17.9 Å². The van der Waals surface area contributed by atoms with Gasteiger partial charge in [-0.05, 0) is 96.3 Å². The third-order valence-corrected chi connectivity index (χ3v) is 9.08. The molecule has 0 spiro atoms. The smallest absolute Gasteiger partial charge is 0.306 e. The molecule has 1 atom stereocenters. The van der Waals surface area contributed by atoms with Crippen LogP contribution in [-0.2, 0) is 28.6 Å². The molecule has 0 radical (unpaired) electrons. The lowest BCUT2D eigenvalue weighted by atomic mass is 10.1. The predicted molar refractivity (Wildman–Crippen MR) is 247 cm³/mol. The highest BCUT2D eigenvalue weighted by atomic mass is 16.6. The summed E-state index contributed by atoms with van der Waals surface area (Å²) in [6, 6.07) is 0. The summed E-state index contributed by atoms with van der Waals surface area (Å²) < 4.78 is 16.6. The first-order valence-corrected chi connectivity index (χ1v) is 22.9. The molecule has 0 amide bonds. The molecule has 0 N–H and O–H groups in total. The van der Waals surface area contributed by atoms with Crippen molar-refractivity contribution in [3.63, 3.8) is 0 Å². The monoisotopic (exact) mass is 803 g/mol. The van der Waals surface area contributed by atoms with Gasteiger partial charge in [-0.3, -0.25) is 14.4 Å². The fourth-order valence-corrected chi connectivity index (χ4v) is 5.64. The Morgan fingerprint density at radius 1 is 0.379 bits per heavy atom. The molecular weight excluding hydrogens is 721 g/mol. The lowest BCUT2D eigenvalue weighted by molar-refractivity contribution is -0.167. The summed E-state index contributed by atoms with van der Waals surface area (Å²) in [5.74, 6) is -1.00. The van der Waals surface area contributed by atoms with E-state index in [4.69, 9.17) is 14.2 Å². The third kappa shape index (κ3) is 43.2. The maximum atomic E-state index is 12.7. The number of carbonyl (C=O) groups is 3. The van der Waals surface area contributed by atoms with Crippen LogP contribution in [0.4, 0.5) is 0 Å². The van der Waals surface area contributed by atoms with Gasteiger partial charge in [0.1, 0.15) is 13.2 Å². The number of allylic oxidation sites excluding steroid dienone is 18. The molecule has 0 aliphatic carbocycles. The first-order chi connectivity index (χ1) is 28.5. The first kappa shape index (κ1) is 54.1. The quantitative estimate of drug-likeness (QED) is 0.0202. The predicted octanol–water partition coefficient (Wildman–Crippen LogP) is 14.8. The van der Waals surface area contributed by atoms with E-state index in [0.29, 0.717) is 12.8 Å². The largest absolute Gasteiger partial charge is 0.462 e. The molecular formula is C52H82O6. The highest BCUT2D eigenvalue weighted by Gasteiger charge is 2.19. The van der Waals surface area contributed by atoms with E-state index in [2.05, 4.69) is 124 Å². The Hall–Kier alpha value is -3.93. The molecule has 0 bridgehead atoms. The van der Waals surface area contributed by atoms with Crippen molar-refractivity contribution in [1.29, 1.82) is 0 Å². The summed E-state index contributed by atoms with van der Waals surface area (Å²) in [4.78, 5) is 37.8. The Morgan fingerprint density at radius 3 is 1.28 bits per heavy atom. The van der Waals surface area contributed by atoms with Crippen LogP contribution >= 0.6 is 0 Å². The second-order valence-electron chi connectivity index (χ2n) is 14.6. The van der Waals surface area contributed by atoms with Crippen LogP contribution in [0.3, 0.4) is 0 Å². The Bertz CT molecular complexity index is 1240. The van der Waals surface area contributed by atoms with Crippen LogP contribution in [0, 0.1) is 0 Å². The van der Waals surface area contributed by atoms with E-state index in [-0.39, 0.29) is 37.5 Å². The van der Waals surface area contributed by atoms with E-state index in [1.165, 1.54) is 12.8 Å². The number of esters is 3. The van der Waals surface area contributed by atoms with Crippen LogP contribution in [0.5, 0.6) is 0 Å². The van der Waals surface area contributed by atoms with Gasteiger partial charge in [-0.2, -0.15) is 0 Å². The molecule has 0 aromatic carbocycles. The van der Waals surface area contributed by atoms with Crippen molar-refractivity contribution in [3.05, 3.63) is 109 Å². The molecule has 0 saturated heterocycles. The number of carbonyl (C=O) groups excluding carboxylic acids is 3. The normalized spacial score (nSPS) is 13.1. The van der Waals surface area contributed by atoms with E-state index < -0.39 is 6.10 Å². The summed E-state index contributed by atoms with van der Waals surface area (Å²) in [6.45, 7) is 6.23. The Balaban J connectivity index is 4.52. The number of unbranched alkanes of at least 4 members (excludes halogenated alkanes) is 13. The molecule has 0 aromatic heterocycles. The molecule has 0 aromatic rings. The average Bonchev–Trinajstić information content (AvgIpc) is 3.22. The van der Waals surface area contributed by atoms with Crippen LogP contribution in [0.1, 0.15) is 181 Å². The second-order valence-corrected chi connectivity index (χ2v) is 14.6. The highest BCUT2D eigenvalue weighted by molar-refractivity contribution is 5.71. The average molecular weight is 803 g/mol. The zero-order valence-corrected chi connectivity index (χ0v) is 37.0. The fourth-order valence-electron chi connectivity index (χ4n) is 5.64. The minimum atomic E-state index is -0.813. The molecule has 1 unspecified atom stereocenters. The molecule has 0 fully saturated rings. The molecule has 326 valence electrons. The topological polar surface area (TPSA) is 78.9 Å². The first-order valence-electron chi connectivity index (χ1n) is 22.9. The summed E-state index contributed by atoms with van der Waals surface area (Å²) in [5.41, 5.74) is 0. The standard InChI is InChI=1S/C52H82O6/c1-4-7-10-13-16-19-22-24-25-26-28-30-33-36-39-42-45-51(54)57-48-49(47-56-50(53)44-41-38-35-32-29-21-18-15-12-9-6-3)58-52(55)46-43-40-37-34-31-27-23-20-17-14-11-8-5-2/h7-8,10-11,14-21,23-25,28-30,49H,4-6,9,12-13,22,26-27,31-48H2,1-3H3/b10-7-,11-8-,17-14-,18-15-,19-16-,23-20-,25-24-,29-21-,30-28-. The number of hydrogen-bond donors (Lipinski definition) is 0. The van der Waals surface area contributed by atoms with Gasteiger partial charge in [0.25, 0.3) is 0 Å². The molecule has 58 heavy (non-hydrogen) atoms. The van der Waals surface area contributed by atoms with Crippen molar-refractivity contribution < 1.29 is 28.6 Å². The van der Waals surface area contributed by atoms with Crippen LogP contribution in [-0.4, -0.2) is 37.2 Å². The lowest BCUT2D eigenvalue weighted by Gasteiger charge is -2.18. The van der Waals surface area contributed by atoms with E-state index >= 15 is 0 Å². The zero-order chi connectivity index (χ0) is 42.3. The summed E-state index contributed by atoms with van der Waals surface area (Å²) in [6.07, 6.45) is 60.7. The van der Waals surface area contributed by atoms with Crippen molar-refractivity contribution in [2.45, 2.75) is 187 Å². The van der Waals surface area contributed by atoms with Crippen molar-refractivity contribution in [2.24, 2.45) is 0 Å². The van der Waals surface area contributed by atoms with Gasteiger partial charge in [0.15, 0.2) is 6.10 Å². The summed E-state index contributed by atoms with van der Waals surface area (Å²) in [5, 5.41) is 0. The maximum Gasteiger partial charge on any atom is 0.306 e. The Kier molecular flexibility index (Phi) is 42.7. The van der Waals surface area contributed by atoms with Crippen molar-refractivity contribution in [2.75, 3.05) is 13.2 Å². The summed E-state index contributed by atoms with van der Waals surface area (Å²) in [7, 11) is 0. The van der Waals surface area contributed by atoms with Crippen molar-refractivity contribution in [1.82, 2.24) is 0 Å². The number of ether oxygens (including phenoxy) is 3. The van der Waals surface area contributed by atoms with Gasteiger partial charge >= 0.3 is 17.9 Å². The van der Waals surface area contributed by atoms with Gasteiger partial charge in [0.2, 0.25) is 0 Å². The molecule has 6 nitrogen and oxygen atoms in total. The Labute approximate surface area is 355 Å². The van der Waals surface area contributed by atoms with E-state index in [9.17, 15) is 14.4 Å². The lowest BCUT2D eigenvalue weighted by Crippen LogP contribution is -2.30. The number of rotatable bonds is 39. The minimum absolute atomic E-state index is 0.114. The molecule has 0 saturated carbocycles. The summed E-state index contributed by atoms with van der Waals surface area (Å²) >= 11 is 0. The molecule has 0 aliphatic heterocycles. The van der Waals surface area contributed by atoms with Crippen LogP contribution in [0.25, 0.3) is 0 Å². The van der Waals surface area contributed by atoms with Crippen LogP contribution < -0.4 is 0 Å². The molecule has 6 heteroatoms. The van der Waals surface area contributed by atoms with Gasteiger partial charge in [-0.1, -0.05) is 175 Å². The second kappa shape index (κ2) is 45.8. The highest BCUT2D eigenvalue weighted by Crippen LogP contribution is 2.12. The zero-order valence-electron chi connectivity index (χ0n) is 37.0. The third-order valence-electron chi connectivity index (χ3n) is 9.08. The van der Waals surface area contributed by atoms with E-state index in [1.807, 2.05) is 6.08 Å². The van der Waals surface area contributed by atoms with Crippen LogP contribution in [0.2, 0.25) is 0 Å². The van der Waals surface area contributed by atoms with Gasteiger partial charge in [0, 0.05) is 19.3 Å². The van der Waals surface area contributed by atoms with Gasteiger partial charge < -0.3 is 14.2 Å². The van der Waals surface area contributed by atoms with Gasteiger partial charge in [-0.25, -0.2) is 0 Å². The van der Waals surface area contributed by atoms with Gasteiger partial charge in [0.05, 0.1) is 0 Å². The van der Waals surface area contributed by atoms with E-state index in [1.54, 1.807) is 0 Å². The van der Waals surface area contributed by atoms with E-state index in [0.717, 1.165) is 128 Å². The van der Waals surface area contributed by atoms with Crippen LogP contribution in [0.15, 0.2) is 109 Å². The molecule has 0 rings (SSSR count). The molecule has 0 heterocycles. The SMILES string of the molecule is CC\C=C/C=C\C=C/CCCCCCCC(=O)OC(COC(=O)CCCCC/C=C\C=C/CCCC)COC(=O)CCCCC/C=C\C/C=C\C/C=C\C/C=C\CC. The fraction of sp³-hybridized carbons (Fsp3) is 0.596. The molecule has 0 aliphatic rings. The van der Waals surface area contributed by atoms with Crippen molar-refractivity contribution in [3.8, 4) is 0 Å². The number of hydrogen-bond acceptors (Lipinski definition) is 6. The Morgan fingerprint density at radius 2 is 0.759 bits per heavy atom. The minimum Gasteiger partial charge on any atom is -0.462 e. The maximum absolute atomic E-state index is 12.7.